The fourth-order valence-electron chi connectivity index (χ4n) is 2.60. The zero-order chi connectivity index (χ0) is 15.9. The summed E-state index contributed by atoms with van der Waals surface area (Å²) in [6.07, 6.45) is 1.09. The Kier molecular flexibility index (Phi) is 6.46. The molecule has 22 heavy (non-hydrogen) atoms. The van der Waals surface area contributed by atoms with Crippen molar-refractivity contribution in [1.29, 1.82) is 0 Å². The molecule has 0 N–H and O–H groups in total. The summed E-state index contributed by atoms with van der Waals surface area (Å²) >= 11 is 1.39. The smallest absolute Gasteiger partial charge is 0.232 e. The monoisotopic (exact) mass is 321 g/mol. The van der Waals surface area contributed by atoms with Gasteiger partial charge in [-0.1, -0.05) is 37.3 Å². The van der Waals surface area contributed by atoms with Crippen molar-refractivity contribution in [3.63, 3.8) is 0 Å². The first-order chi connectivity index (χ1) is 10.6. The first-order valence-electron chi connectivity index (χ1n) is 7.58. The van der Waals surface area contributed by atoms with E-state index < -0.39 is 0 Å². The molecule has 1 saturated heterocycles. The number of amides is 1. The van der Waals surface area contributed by atoms with Crippen LogP contribution in [0.4, 0.5) is 0 Å². The number of Topliss-reactive ketones (excluding diaryl/α,β-unsaturated/α-hetero) is 1. The van der Waals surface area contributed by atoms with Crippen LogP contribution in [0, 0.1) is 5.92 Å². The van der Waals surface area contributed by atoms with Gasteiger partial charge in [0.15, 0.2) is 5.78 Å². The number of carbonyl (C=O) groups is 2. The molecular formula is C17H23NO3S. The molecule has 0 aliphatic carbocycles. The van der Waals surface area contributed by atoms with E-state index in [9.17, 15) is 9.59 Å². The number of methoxy groups -OCH3 is 1. The van der Waals surface area contributed by atoms with Crippen LogP contribution in [-0.2, 0) is 9.53 Å². The third-order valence-electron chi connectivity index (χ3n) is 4.10. The molecular weight excluding hydrogens is 298 g/mol. The van der Waals surface area contributed by atoms with Crippen LogP contribution in [0.2, 0.25) is 0 Å². The molecule has 0 radical (unpaired) electrons. The van der Waals surface area contributed by atoms with Crippen LogP contribution in [-0.4, -0.2) is 54.4 Å². The van der Waals surface area contributed by atoms with Crippen LogP contribution in [0.3, 0.4) is 0 Å². The first kappa shape index (κ1) is 17.0. The largest absolute Gasteiger partial charge is 0.379 e. The minimum atomic E-state index is 0.0698. The van der Waals surface area contributed by atoms with Gasteiger partial charge in [0.1, 0.15) is 0 Å². The summed E-state index contributed by atoms with van der Waals surface area (Å²) < 4.78 is 5.43. The Morgan fingerprint density at radius 3 is 2.68 bits per heavy atom. The lowest BCUT2D eigenvalue weighted by molar-refractivity contribution is -0.133. The van der Waals surface area contributed by atoms with Crippen LogP contribution in [0.25, 0.3) is 0 Å². The summed E-state index contributed by atoms with van der Waals surface area (Å²) in [5, 5.41) is 0. The summed E-state index contributed by atoms with van der Waals surface area (Å²) in [5.74, 6) is 1.35. The maximum atomic E-state index is 12.2. The molecule has 0 bridgehead atoms. The minimum Gasteiger partial charge on any atom is -0.379 e. The summed E-state index contributed by atoms with van der Waals surface area (Å²) in [5.41, 5.74) is 0.702. The normalized spacial score (nSPS) is 21.6. The van der Waals surface area contributed by atoms with E-state index in [-0.39, 0.29) is 17.8 Å². The van der Waals surface area contributed by atoms with Gasteiger partial charge in [0.05, 0.1) is 17.6 Å². The molecule has 2 rings (SSSR count). The predicted octanol–water partition coefficient (Wildman–Crippen LogP) is 2.49. The van der Waals surface area contributed by atoms with Gasteiger partial charge in [0.2, 0.25) is 5.91 Å². The second-order valence-electron chi connectivity index (χ2n) is 5.66. The molecule has 1 fully saturated rings. The van der Waals surface area contributed by atoms with Crippen LogP contribution in [0.15, 0.2) is 30.3 Å². The van der Waals surface area contributed by atoms with Gasteiger partial charge >= 0.3 is 0 Å². The van der Waals surface area contributed by atoms with Gasteiger partial charge in [0.25, 0.3) is 0 Å². The molecule has 1 aliphatic rings. The predicted molar refractivity (Wildman–Crippen MR) is 89.3 cm³/mol. The number of benzene rings is 1. The van der Waals surface area contributed by atoms with Gasteiger partial charge in [-0.05, 0) is 12.3 Å². The van der Waals surface area contributed by atoms with E-state index in [4.69, 9.17) is 4.74 Å². The van der Waals surface area contributed by atoms with Crippen molar-refractivity contribution in [2.45, 2.75) is 19.4 Å². The number of ketones is 1. The maximum absolute atomic E-state index is 12.2. The van der Waals surface area contributed by atoms with Gasteiger partial charge in [-0.3, -0.25) is 9.59 Å². The minimum absolute atomic E-state index is 0.0698. The third kappa shape index (κ3) is 4.58. The van der Waals surface area contributed by atoms with E-state index in [0.29, 0.717) is 29.5 Å². The molecule has 0 saturated carbocycles. The second-order valence-corrected chi connectivity index (χ2v) is 6.65. The Bertz CT molecular complexity index is 506. The Labute approximate surface area is 136 Å². The summed E-state index contributed by atoms with van der Waals surface area (Å²) in [7, 11) is 1.70. The fraction of sp³-hybridized carbons (Fsp3) is 0.529. The molecule has 1 aliphatic heterocycles. The number of ether oxygens (including phenoxy) is 1. The Balaban J connectivity index is 1.75. The molecule has 1 heterocycles. The van der Waals surface area contributed by atoms with Crippen molar-refractivity contribution in [2.24, 2.45) is 5.92 Å². The molecule has 4 nitrogen and oxygen atoms in total. The lowest BCUT2D eigenvalue weighted by Gasteiger charge is -2.36. The molecule has 1 aromatic rings. The second kappa shape index (κ2) is 8.34. The topological polar surface area (TPSA) is 46.6 Å². The van der Waals surface area contributed by atoms with E-state index in [1.165, 1.54) is 11.8 Å². The van der Waals surface area contributed by atoms with Gasteiger partial charge in [-0.2, -0.15) is 0 Å². The highest BCUT2D eigenvalue weighted by molar-refractivity contribution is 8.00. The van der Waals surface area contributed by atoms with E-state index in [1.807, 2.05) is 23.1 Å². The van der Waals surface area contributed by atoms with Crippen molar-refractivity contribution in [3.05, 3.63) is 35.9 Å². The number of hydrogen-bond donors (Lipinski definition) is 0. The molecule has 1 aromatic carbocycles. The van der Waals surface area contributed by atoms with Crippen LogP contribution in [0.1, 0.15) is 23.7 Å². The number of piperidine rings is 1. The highest BCUT2D eigenvalue weighted by atomic mass is 32.2. The molecule has 5 heteroatoms. The highest BCUT2D eigenvalue weighted by Crippen LogP contribution is 2.20. The first-order valence-corrected chi connectivity index (χ1v) is 8.74. The standard InChI is InChI=1S/C17H23NO3S/c1-13-8-9-18(10-16(13)21-2)17(20)12-22-11-15(19)14-6-4-3-5-7-14/h3-7,13,16H,8-12H2,1-2H3. The van der Waals surface area contributed by atoms with Crippen LogP contribution < -0.4 is 0 Å². The van der Waals surface area contributed by atoms with E-state index >= 15 is 0 Å². The lowest BCUT2D eigenvalue weighted by Crippen LogP contribution is -2.47. The van der Waals surface area contributed by atoms with Crippen molar-refractivity contribution < 1.29 is 14.3 Å². The Hall–Kier alpha value is -1.33. The molecule has 1 amide bonds. The van der Waals surface area contributed by atoms with Crippen molar-refractivity contribution in [3.8, 4) is 0 Å². The zero-order valence-electron chi connectivity index (χ0n) is 13.2. The maximum Gasteiger partial charge on any atom is 0.232 e. The van der Waals surface area contributed by atoms with Gasteiger partial charge in [-0.15, -0.1) is 11.8 Å². The lowest BCUT2D eigenvalue weighted by atomic mass is 9.96. The third-order valence-corrected chi connectivity index (χ3v) is 5.02. The van der Waals surface area contributed by atoms with Crippen molar-refractivity contribution >= 4 is 23.5 Å². The number of carbonyl (C=O) groups excluding carboxylic acids is 2. The molecule has 2 atom stereocenters. The average Bonchev–Trinajstić information content (AvgIpc) is 2.55. The van der Waals surface area contributed by atoms with E-state index in [2.05, 4.69) is 6.92 Å². The van der Waals surface area contributed by atoms with Gasteiger partial charge in [0, 0.05) is 25.8 Å². The quantitative estimate of drug-likeness (QED) is 0.755. The van der Waals surface area contributed by atoms with Crippen LogP contribution in [0.5, 0.6) is 0 Å². The highest BCUT2D eigenvalue weighted by Gasteiger charge is 2.28. The summed E-state index contributed by atoms with van der Waals surface area (Å²) in [6, 6.07) is 9.20. The summed E-state index contributed by atoms with van der Waals surface area (Å²) in [4.78, 5) is 26.1. The Morgan fingerprint density at radius 2 is 2.00 bits per heavy atom. The zero-order valence-corrected chi connectivity index (χ0v) is 14.0. The number of nitrogens with zero attached hydrogens (tertiary/aromatic N) is 1. The molecule has 120 valence electrons. The van der Waals surface area contributed by atoms with E-state index in [0.717, 1.165) is 13.0 Å². The molecule has 2 unspecified atom stereocenters. The SMILES string of the molecule is COC1CN(C(=O)CSCC(=O)c2ccccc2)CCC1C. The average molecular weight is 321 g/mol. The van der Waals surface area contributed by atoms with Gasteiger partial charge in [-0.25, -0.2) is 0 Å². The molecule has 0 spiro atoms. The number of rotatable bonds is 6. The summed E-state index contributed by atoms with van der Waals surface area (Å²) in [6.45, 7) is 3.60. The van der Waals surface area contributed by atoms with Crippen LogP contribution >= 0.6 is 11.8 Å². The number of likely N-dealkylation sites (tertiary alicyclic amines) is 1. The number of thioether (sulfide) groups is 1. The van der Waals surface area contributed by atoms with Gasteiger partial charge < -0.3 is 9.64 Å². The van der Waals surface area contributed by atoms with Crippen molar-refractivity contribution in [2.75, 3.05) is 31.7 Å². The van der Waals surface area contributed by atoms with E-state index in [1.54, 1.807) is 19.2 Å². The fourth-order valence-corrected chi connectivity index (χ4v) is 3.41. The molecule has 0 aromatic heterocycles. The van der Waals surface area contributed by atoms with Crippen molar-refractivity contribution in [1.82, 2.24) is 4.90 Å². The Morgan fingerprint density at radius 1 is 1.27 bits per heavy atom. The number of hydrogen-bond acceptors (Lipinski definition) is 4.